The lowest BCUT2D eigenvalue weighted by Gasteiger charge is -2.18. The summed E-state index contributed by atoms with van der Waals surface area (Å²) in [5.41, 5.74) is 0.0316. The second-order valence-corrected chi connectivity index (χ2v) is 7.00. The zero-order valence-electron chi connectivity index (χ0n) is 11.2. The first-order valence-electron chi connectivity index (χ1n) is 5.97. The highest BCUT2D eigenvalue weighted by atomic mass is 79.9. The number of hydrogen-bond acceptors (Lipinski definition) is 6. The van der Waals surface area contributed by atoms with Crippen LogP contribution in [0.25, 0.3) is 0 Å². The van der Waals surface area contributed by atoms with E-state index in [1.807, 2.05) is 11.4 Å². The number of nitrogens with one attached hydrogen (secondary N) is 2. The minimum absolute atomic E-state index is 0.0316. The van der Waals surface area contributed by atoms with Gasteiger partial charge in [-0.1, -0.05) is 5.10 Å². The van der Waals surface area contributed by atoms with Crippen molar-refractivity contribution in [1.29, 1.82) is 0 Å². The molecule has 0 aromatic carbocycles. The van der Waals surface area contributed by atoms with Gasteiger partial charge in [-0.2, -0.15) is 0 Å². The molecule has 0 saturated carbocycles. The highest BCUT2D eigenvalue weighted by Crippen LogP contribution is 2.23. The third-order valence-corrected chi connectivity index (χ3v) is 4.25. The summed E-state index contributed by atoms with van der Waals surface area (Å²) in [6, 6.07) is 2.47. The molecular weight excluding hydrogens is 328 g/mol. The normalized spacial score (nSPS) is 11.8. The molecule has 2 aromatic heterocycles. The number of nitrogens with zero attached hydrogens (tertiary/aromatic N) is 2. The van der Waals surface area contributed by atoms with E-state index >= 15 is 0 Å². The summed E-state index contributed by atoms with van der Waals surface area (Å²) in [6.45, 7) is 7.53. The summed E-state index contributed by atoms with van der Waals surface area (Å²) in [6.07, 6.45) is 0. The second-order valence-electron chi connectivity index (χ2n) is 5.15. The van der Waals surface area contributed by atoms with Crippen molar-refractivity contribution >= 4 is 33.3 Å². The molecule has 5 nitrogen and oxygen atoms in total. The van der Waals surface area contributed by atoms with E-state index in [1.54, 1.807) is 11.3 Å². The van der Waals surface area contributed by atoms with Crippen LogP contribution in [0.3, 0.4) is 0 Å². The minimum atomic E-state index is 0.0316. The van der Waals surface area contributed by atoms with Crippen LogP contribution < -0.4 is 10.6 Å². The third kappa shape index (κ3) is 4.59. The fraction of sp³-hybridized carbons (Fsp3) is 0.500. The molecule has 0 atom stereocenters. The van der Waals surface area contributed by atoms with Gasteiger partial charge in [0.15, 0.2) is 0 Å². The molecule has 7 heteroatoms. The van der Waals surface area contributed by atoms with Gasteiger partial charge in [-0.3, -0.25) is 0 Å². The van der Waals surface area contributed by atoms with Crippen molar-refractivity contribution < 1.29 is 4.42 Å². The molecule has 0 saturated heterocycles. The number of halogens is 1. The molecule has 0 bridgehead atoms. The first-order chi connectivity index (χ1) is 8.94. The first kappa shape index (κ1) is 14.5. The Balaban J connectivity index is 1.86. The first-order valence-corrected chi connectivity index (χ1v) is 7.64. The molecule has 2 aromatic rings. The lowest BCUT2D eigenvalue weighted by Crippen LogP contribution is -2.35. The molecule has 104 valence electrons. The van der Waals surface area contributed by atoms with Gasteiger partial charge in [-0.15, -0.1) is 16.4 Å². The van der Waals surface area contributed by atoms with Crippen LogP contribution in [0.2, 0.25) is 0 Å². The number of anilines is 1. The van der Waals surface area contributed by atoms with Crippen LogP contribution in [0.4, 0.5) is 6.01 Å². The van der Waals surface area contributed by atoms with Crippen molar-refractivity contribution in [3.63, 3.8) is 0 Å². The summed E-state index contributed by atoms with van der Waals surface area (Å²) in [4.78, 5) is 1.20. The van der Waals surface area contributed by atoms with E-state index in [-0.39, 0.29) is 5.54 Å². The average molecular weight is 345 g/mol. The Labute approximate surface area is 124 Å². The summed E-state index contributed by atoms with van der Waals surface area (Å²) >= 11 is 5.16. The number of rotatable bonds is 5. The predicted octanol–water partition coefficient (Wildman–Crippen LogP) is 3.39. The number of aromatic nitrogens is 2. The van der Waals surface area contributed by atoms with Crippen LogP contribution in [-0.2, 0) is 13.1 Å². The fourth-order valence-corrected chi connectivity index (χ4v) is 2.78. The largest absolute Gasteiger partial charge is 0.407 e. The van der Waals surface area contributed by atoms with Gasteiger partial charge in [0.05, 0.1) is 13.1 Å². The van der Waals surface area contributed by atoms with Gasteiger partial charge in [0.2, 0.25) is 5.89 Å². The van der Waals surface area contributed by atoms with E-state index in [9.17, 15) is 0 Å². The van der Waals surface area contributed by atoms with E-state index in [4.69, 9.17) is 4.42 Å². The molecule has 0 aliphatic rings. The smallest absolute Gasteiger partial charge is 0.315 e. The average Bonchev–Trinajstić information content (AvgIpc) is 2.92. The Morgan fingerprint density at radius 1 is 1.32 bits per heavy atom. The van der Waals surface area contributed by atoms with E-state index in [0.29, 0.717) is 25.0 Å². The van der Waals surface area contributed by atoms with Crippen LogP contribution >= 0.6 is 27.3 Å². The molecule has 2 heterocycles. The molecule has 0 spiro atoms. The summed E-state index contributed by atoms with van der Waals surface area (Å²) in [5.74, 6) is 0.586. The highest BCUT2D eigenvalue weighted by Gasteiger charge is 2.12. The predicted molar refractivity (Wildman–Crippen MR) is 80.2 cm³/mol. The Morgan fingerprint density at radius 3 is 2.74 bits per heavy atom. The Morgan fingerprint density at radius 2 is 2.11 bits per heavy atom. The molecule has 0 fully saturated rings. The van der Waals surface area contributed by atoms with Crippen molar-refractivity contribution in [3.05, 3.63) is 26.7 Å². The van der Waals surface area contributed by atoms with Crippen LogP contribution in [0.5, 0.6) is 0 Å². The maximum Gasteiger partial charge on any atom is 0.315 e. The molecule has 0 aliphatic heterocycles. The Kier molecular flexibility index (Phi) is 4.59. The molecule has 0 unspecified atom stereocenters. The van der Waals surface area contributed by atoms with Crippen LogP contribution in [-0.4, -0.2) is 15.7 Å². The van der Waals surface area contributed by atoms with Gasteiger partial charge in [0, 0.05) is 14.9 Å². The lowest BCUT2D eigenvalue weighted by atomic mass is 10.1. The van der Waals surface area contributed by atoms with Gasteiger partial charge in [-0.05, 0) is 48.1 Å². The molecule has 0 radical (unpaired) electrons. The molecule has 2 N–H and O–H groups in total. The summed E-state index contributed by atoms with van der Waals surface area (Å²) in [7, 11) is 0. The number of hydrogen-bond donors (Lipinski definition) is 2. The zero-order chi connectivity index (χ0) is 13.9. The van der Waals surface area contributed by atoms with Crippen molar-refractivity contribution in [2.75, 3.05) is 5.32 Å². The van der Waals surface area contributed by atoms with Crippen LogP contribution in [0.1, 0.15) is 31.5 Å². The molecular formula is C12H17BrN4OS. The van der Waals surface area contributed by atoms with Crippen molar-refractivity contribution in [2.24, 2.45) is 0 Å². The Hall–Kier alpha value is -0.920. The zero-order valence-corrected chi connectivity index (χ0v) is 13.6. The van der Waals surface area contributed by atoms with E-state index in [1.165, 1.54) is 4.88 Å². The van der Waals surface area contributed by atoms with E-state index < -0.39 is 0 Å². The third-order valence-electron chi connectivity index (χ3n) is 2.33. The Bertz CT molecular complexity index is 532. The van der Waals surface area contributed by atoms with Crippen molar-refractivity contribution in [2.45, 2.75) is 39.4 Å². The van der Waals surface area contributed by atoms with Crippen molar-refractivity contribution in [3.8, 4) is 0 Å². The molecule has 2 rings (SSSR count). The van der Waals surface area contributed by atoms with E-state index in [0.717, 1.165) is 4.47 Å². The van der Waals surface area contributed by atoms with Crippen LogP contribution in [0, 0.1) is 0 Å². The summed E-state index contributed by atoms with van der Waals surface area (Å²) < 4.78 is 6.61. The lowest BCUT2D eigenvalue weighted by molar-refractivity contribution is 0.383. The van der Waals surface area contributed by atoms with Gasteiger partial charge >= 0.3 is 6.01 Å². The van der Waals surface area contributed by atoms with Gasteiger partial charge in [-0.25, -0.2) is 0 Å². The van der Waals surface area contributed by atoms with Crippen LogP contribution in [0.15, 0.2) is 20.3 Å². The van der Waals surface area contributed by atoms with Gasteiger partial charge in [0.1, 0.15) is 0 Å². The van der Waals surface area contributed by atoms with Crippen molar-refractivity contribution in [1.82, 2.24) is 15.5 Å². The van der Waals surface area contributed by atoms with Gasteiger partial charge < -0.3 is 15.1 Å². The van der Waals surface area contributed by atoms with E-state index in [2.05, 4.69) is 57.5 Å². The molecule has 0 aliphatic carbocycles. The van der Waals surface area contributed by atoms with Gasteiger partial charge in [0.25, 0.3) is 0 Å². The standard InChI is InChI=1S/C12H17BrN4OS/c1-12(2,3)15-7-10-16-17-11(18-10)14-6-9-8(13)4-5-19-9/h4-5,15H,6-7H2,1-3H3,(H,14,17). The summed E-state index contributed by atoms with van der Waals surface area (Å²) in [5, 5.41) is 16.4. The number of thiophene rings is 1. The monoisotopic (exact) mass is 344 g/mol. The SMILES string of the molecule is CC(C)(C)NCc1nnc(NCc2sccc2Br)o1. The minimum Gasteiger partial charge on any atom is -0.407 e. The molecule has 0 amide bonds. The molecule has 19 heavy (non-hydrogen) atoms. The fourth-order valence-electron chi connectivity index (χ4n) is 1.34. The highest BCUT2D eigenvalue weighted by molar-refractivity contribution is 9.10. The maximum atomic E-state index is 5.51. The quantitative estimate of drug-likeness (QED) is 0.870. The topological polar surface area (TPSA) is 63.0 Å². The maximum absolute atomic E-state index is 5.51. The second kappa shape index (κ2) is 6.02.